The number of ketones is 1. The van der Waals surface area contributed by atoms with Crippen molar-refractivity contribution in [2.24, 2.45) is 0 Å². The summed E-state index contributed by atoms with van der Waals surface area (Å²) >= 11 is 0. The molecular weight excluding hydrogens is 476 g/mol. The van der Waals surface area contributed by atoms with Crippen LogP contribution in [-0.4, -0.2) is 49.3 Å². The van der Waals surface area contributed by atoms with Gasteiger partial charge in [0.25, 0.3) is 5.91 Å². The van der Waals surface area contributed by atoms with Crippen molar-refractivity contribution in [2.45, 2.75) is 16.7 Å². The molecule has 0 atom stereocenters. The Balaban J connectivity index is 2.26. The van der Waals surface area contributed by atoms with Gasteiger partial charge >= 0.3 is 11.9 Å². The Hall–Kier alpha value is -4.51. The Morgan fingerprint density at radius 3 is 1.60 bits per heavy atom. The van der Waals surface area contributed by atoms with Gasteiger partial charge in [-0.2, -0.15) is 0 Å². The second-order valence-corrected chi connectivity index (χ2v) is 8.55. The number of Topliss-reactive ketones (excluding diaryl/α,β-unsaturated/α-hetero) is 1. The van der Waals surface area contributed by atoms with Crippen LogP contribution < -0.4 is 10.6 Å². The number of carboxylic acid groups (broad SMARTS) is 2. The Morgan fingerprint density at radius 1 is 0.743 bits per heavy atom. The highest BCUT2D eigenvalue weighted by Crippen LogP contribution is 2.25. The van der Waals surface area contributed by atoms with Gasteiger partial charge in [0, 0.05) is 24.0 Å². The minimum Gasteiger partial charge on any atom is -0.478 e. The number of carbonyl (C=O) groups excluding carboxylic acids is 2. The maximum absolute atomic E-state index is 13.5. The number of carbonyl (C=O) groups is 4. The van der Waals surface area contributed by atoms with Crippen molar-refractivity contribution in [3.63, 3.8) is 0 Å². The molecule has 3 rings (SSSR count). The minimum atomic E-state index is -5.26. The number of aromatic carboxylic acids is 2. The predicted molar refractivity (Wildman–Crippen MR) is 126 cm³/mol. The molecule has 4 N–H and O–H groups in total. The molecule has 0 bridgehead atoms. The lowest BCUT2D eigenvalue weighted by Gasteiger charge is -2.12. The average Bonchev–Trinajstić information content (AvgIpc) is 2.92. The van der Waals surface area contributed by atoms with Crippen LogP contribution in [0.2, 0.25) is 0 Å². The summed E-state index contributed by atoms with van der Waals surface area (Å²) in [5.74, 6) is -5.71. The quantitative estimate of drug-likeness (QED) is 0.336. The number of hydrogen-bond donors (Lipinski definition) is 4. The molecule has 0 heterocycles. The van der Waals surface area contributed by atoms with E-state index >= 15 is 0 Å². The van der Waals surface area contributed by atoms with Crippen molar-refractivity contribution in [1.29, 1.82) is 0 Å². The van der Waals surface area contributed by atoms with Crippen LogP contribution in [0.1, 0.15) is 59.3 Å². The zero-order valence-corrected chi connectivity index (χ0v) is 18.7. The molecule has 0 spiro atoms. The van der Waals surface area contributed by atoms with E-state index in [1.54, 1.807) is 0 Å². The van der Waals surface area contributed by atoms with Crippen LogP contribution in [0.25, 0.3) is 0 Å². The zero-order valence-electron chi connectivity index (χ0n) is 25.9. The molecule has 3 aromatic carbocycles. The molecule has 0 aliphatic carbocycles. The predicted octanol–water partition coefficient (Wildman–Crippen LogP) is 3.41. The zero-order chi connectivity index (χ0) is 32.9. The fourth-order valence-corrected chi connectivity index (χ4v) is 3.72. The van der Waals surface area contributed by atoms with Gasteiger partial charge in [-0.05, 0) is 67.4 Å². The fourth-order valence-electron chi connectivity index (χ4n) is 2.77. The van der Waals surface area contributed by atoms with Crippen LogP contribution in [0.4, 0.5) is 11.4 Å². The summed E-state index contributed by atoms with van der Waals surface area (Å²) in [6.45, 7) is 0.954. The summed E-state index contributed by atoms with van der Waals surface area (Å²) in [6.07, 6.45) is 0. The second-order valence-electron chi connectivity index (χ2n) is 6.73. The number of rotatable bonds is 8. The first-order valence-corrected chi connectivity index (χ1v) is 10.9. The molecule has 0 saturated heterocycles. The molecule has 0 aliphatic heterocycles. The van der Waals surface area contributed by atoms with Crippen LogP contribution in [0, 0.1) is 0 Å². The molecule has 0 radical (unpaired) electrons. The van der Waals surface area contributed by atoms with Crippen molar-refractivity contribution in [2.75, 3.05) is 17.7 Å². The number of amides is 1. The smallest absolute Gasteiger partial charge is 0.336 e. The second kappa shape index (κ2) is 9.77. The van der Waals surface area contributed by atoms with E-state index in [9.17, 15) is 37.8 Å². The lowest BCUT2D eigenvalue weighted by Crippen LogP contribution is -2.19. The third kappa shape index (κ3) is 5.20. The summed E-state index contributed by atoms with van der Waals surface area (Å²) in [6, 6.07) is -7.29. The minimum absolute atomic E-state index is 0.336. The van der Waals surface area contributed by atoms with E-state index < -0.39 is 120 Å². The van der Waals surface area contributed by atoms with Gasteiger partial charge in [-0.1, -0.05) is 0 Å². The SMILES string of the molecule is [2H]c1c([2H])c(S(=O)(=O)c2c([2H])c([2H])c(NC(=O)c3cc(C(C)=O)c(C(=O)O)cc3C(=O)O)c([2H])c2[2H])c([2H])c([2H])c1NC. The highest BCUT2D eigenvalue weighted by Gasteiger charge is 2.24. The molecule has 10 nitrogen and oxygen atoms in total. The number of hydrogen-bond acceptors (Lipinski definition) is 7. The normalized spacial score (nSPS) is 14.1. The summed E-state index contributed by atoms with van der Waals surface area (Å²) in [5.41, 5.74) is -4.21. The van der Waals surface area contributed by atoms with Gasteiger partial charge in [-0.25, -0.2) is 18.0 Å². The summed E-state index contributed by atoms with van der Waals surface area (Å²) in [5, 5.41) is 23.2. The van der Waals surface area contributed by atoms with Crippen molar-refractivity contribution in [3.8, 4) is 0 Å². The Morgan fingerprint density at radius 2 is 1.17 bits per heavy atom. The maximum Gasteiger partial charge on any atom is 0.336 e. The highest BCUT2D eigenvalue weighted by molar-refractivity contribution is 7.91. The maximum atomic E-state index is 13.5. The van der Waals surface area contributed by atoms with E-state index in [4.69, 9.17) is 11.0 Å². The van der Waals surface area contributed by atoms with E-state index in [0.717, 1.165) is 6.92 Å². The number of sulfone groups is 1. The third-order valence-electron chi connectivity index (χ3n) is 4.47. The molecule has 1 amide bonds. The van der Waals surface area contributed by atoms with Gasteiger partial charge in [0.05, 0.1) is 37.4 Å². The van der Waals surface area contributed by atoms with Crippen LogP contribution in [-0.2, 0) is 9.84 Å². The fraction of sp³-hybridized carbons (Fsp3) is 0.0833. The van der Waals surface area contributed by atoms with Crippen LogP contribution in [0.15, 0.2) is 70.3 Å². The monoisotopic (exact) mass is 504 g/mol. The van der Waals surface area contributed by atoms with E-state index in [2.05, 4.69) is 5.32 Å². The highest BCUT2D eigenvalue weighted by atomic mass is 32.2. The molecule has 0 saturated carbocycles. The van der Waals surface area contributed by atoms with Gasteiger partial charge in [0.1, 0.15) is 0 Å². The van der Waals surface area contributed by atoms with Crippen LogP contribution in [0.3, 0.4) is 0 Å². The number of anilines is 2. The average molecular weight is 505 g/mol. The third-order valence-corrected chi connectivity index (χ3v) is 5.96. The van der Waals surface area contributed by atoms with E-state index in [-0.39, 0.29) is 5.69 Å². The largest absolute Gasteiger partial charge is 0.478 e. The van der Waals surface area contributed by atoms with Crippen molar-refractivity contribution < 1.29 is 48.8 Å². The first-order valence-electron chi connectivity index (χ1n) is 13.4. The van der Waals surface area contributed by atoms with Gasteiger partial charge in [0.2, 0.25) is 9.84 Å². The Labute approximate surface area is 211 Å². The number of nitrogens with one attached hydrogen (secondary N) is 2. The van der Waals surface area contributed by atoms with Crippen LogP contribution in [0.5, 0.6) is 0 Å². The van der Waals surface area contributed by atoms with Gasteiger partial charge in [-0.3, -0.25) is 9.59 Å². The molecule has 35 heavy (non-hydrogen) atoms. The van der Waals surface area contributed by atoms with E-state index in [1.165, 1.54) is 7.05 Å². The van der Waals surface area contributed by atoms with Gasteiger partial charge in [0.15, 0.2) is 5.78 Å². The first kappa shape index (κ1) is 16.2. The first-order chi connectivity index (χ1) is 19.8. The summed E-state index contributed by atoms with van der Waals surface area (Å²) in [7, 11) is -3.99. The Kier molecular flexibility index (Phi) is 4.52. The lowest BCUT2D eigenvalue weighted by molar-refractivity contribution is 0.0690. The van der Waals surface area contributed by atoms with Gasteiger partial charge in [-0.15, -0.1) is 0 Å². The van der Waals surface area contributed by atoms with E-state index in [1.807, 2.05) is 5.32 Å². The number of carboxylic acids is 2. The topological polar surface area (TPSA) is 167 Å². The van der Waals surface area contributed by atoms with Crippen LogP contribution >= 0.6 is 0 Å². The van der Waals surface area contributed by atoms with Crippen molar-refractivity contribution >= 4 is 44.8 Å². The van der Waals surface area contributed by atoms with E-state index in [0.29, 0.717) is 12.1 Å². The summed E-state index contributed by atoms with van der Waals surface area (Å²) in [4.78, 5) is 45.9. The molecule has 0 unspecified atom stereocenters. The van der Waals surface area contributed by atoms with Crippen molar-refractivity contribution in [3.05, 3.63) is 82.7 Å². The molecule has 0 aliphatic rings. The number of benzene rings is 3. The van der Waals surface area contributed by atoms with Gasteiger partial charge < -0.3 is 20.8 Å². The molecule has 0 aromatic heterocycles. The standard InChI is InChI=1S/C24H20N2O8S/c1-13(27)18-11-19(21(24(31)32)12-20(18)23(29)30)22(28)26-15-5-9-17(10-6-15)35(33,34)16-7-3-14(25-2)4-8-16/h3-12,25H,1-2H3,(H,26,28)(H,29,30)(H,31,32)/i3D,4D,5D,6D,7D,8D,9D,10D. The summed E-state index contributed by atoms with van der Waals surface area (Å²) < 4.78 is 92.4. The molecule has 11 heteroatoms. The molecular formula is C24H20N2O8S. The Bertz CT molecular complexity index is 1840. The van der Waals surface area contributed by atoms with Crippen molar-refractivity contribution in [1.82, 2.24) is 0 Å². The molecule has 0 fully saturated rings. The lowest BCUT2D eigenvalue weighted by atomic mass is 9.95. The molecule has 180 valence electrons. The molecule has 3 aromatic rings.